The summed E-state index contributed by atoms with van der Waals surface area (Å²) in [7, 11) is 0. The van der Waals surface area contributed by atoms with Crippen molar-refractivity contribution in [1.82, 2.24) is 15.0 Å². The number of para-hydroxylation sites is 1. The van der Waals surface area contributed by atoms with Gasteiger partial charge in [-0.05, 0) is 12.1 Å². The van der Waals surface area contributed by atoms with Gasteiger partial charge in [0.2, 0.25) is 5.88 Å². The number of hydrogen-bond acceptors (Lipinski definition) is 5. The molecular formula is C22H17N3O3. The van der Waals surface area contributed by atoms with Crippen molar-refractivity contribution in [2.45, 2.75) is 6.10 Å². The second-order valence-corrected chi connectivity index (χ2v) is 6.73. The summed E-state index contributed by atoms with van der Waals surface area (Å²) in [6.45, 7) is 1.00. The molecule has 28 heavy (non-hydrogen) atoms. The normalized spacial score (nSPS) is 14.1. The van der Waals surface area contributed by atoms with Crippen LogP contribution in [0, 0.1) is 0 Å². The summed E-state index contributed by atoms with van der Waals surface area (Å²) in [6.07, 6.45) is -0.0712. The third kappa shape index (κ3) is 3.09. The van der Waals surface area contributed by atoms with Crippen molar-refractivity contribution < 1.29 is 14.1 Å². The Bertz CT molecular complexity index is 1130. The van der Waals surface area contributed by atoms with Crippen molar-refractivity contribution in [3.05, 3.63) is 78.5 Å². The second kappa shape index (κ2) is 6.81. The highest BCUT2D eigenvalue weighted by Crippen LogP contribution is 2.23. The number of likely N-dealkylation sites (tertiary alicyclic amines) is 1. The molecule has 0 spiro atoms. The Morgan fingerprint density at radius 3 is 2.64 bits per heavy atom. The Kier molecular flexibility index (Phi) is 4.01. The Morgan fingerprint density at radius 2 is 1.79 bits per heavy atom. The molecule has 4 aromatic rings. The summed E-state index contributed by atoms with van der Waals surface area (Å²) in [5, 5.41) is 4.99. The molecule has 1 fully saturated rings. The van der Waals surface area contributed by atoms with Crippen LogP contribution >= 0.6 is 0 Å². The Labute approximate surface area is 161 Å². The van der Waals surface area contributed by atoms with Crippen LogP contribution in [0.1, 0.15) is 10.5 Å². The molecule has 2 aromatic heterocycles. The number of fused-ring (bicyclic) bond motifs is 1. The first-order chi connectivity index (χ1) is 13.8. The molecule has 138 valence electrons. The van der Waals surface area contributed by atoms with Crippen molar-refractivity contribution in [1.29, 1.82) is 0 Å². The van der Waals surface area contributed by atoms with Gasteiger partial charge in [0, 0.05) is 23.1 Å². The van der Waals surface area contributed by atoms with E-state index in [0.29, 0.717) is 30.4 Å². The number of nitrogens with zero attached hydrogens (tertiary/aromatic N) is 3. The lowest BCUT2D eigenvalue weighted by Gasteiger charge is -2.38. The molecule has 6 heteroatoms. The van der Waals surface area contributed by atoms with Gasteiger partial charge < -0.3 is 14.2 Å². The molecule has 0 radical (unpaired) electrons. The fourth-order valence-corrected chi connectivity index (χ4v) is 3.24. The minimum Gasteiger partial charge on any atom is -0.471 e. The SMILES string of the molecule is O=C(c1cc(-c2ccccc2)on1)N1CC(Oc2ccc3ccccc3n2)C1. The smallest absolute Gasteiger partial charge is 0.276 e. The van der Waals surface area contributed by atoms with Crippen LogP contribution in [-0.4, -0.2) is 40.1 Å². The molecule has 1 aliphatic rings. The van der Waals surface area contributed by atoms with Gasteiger partial charge in [-0.1, -0.05) is 53.7 Å². The molecule has 0 aliphatic carbocycles. The van der Waals surface area contributed by atoms with Gasteiger partial charge >= 0.3 is 0 Å². The van der Waals surface area contributed by atoms with E-state index < -0.39 is 0 Å². The number of rotatable bonds is 4. The minimum absolute atomic E-state index is 0.0712. The van der Waals surface area contributed by atoms with Crippen molar-refractivity contribution in [3.63, 3.8) is 0 Å². The highest BCUT2D eigenvalue weighted by molar-refractivity contribution is 5.93. The standard InChI is InChI=1S/C22H17N3O3/c26-22(19-12-20(28-24-19)16-7-2-1-3-8-16)25-13-17(14-25)27-21-11-10-15-6-4-5-9-18(15)23-21/h1-12,17H,13-14H2. The number of pyridine rings is 1. The molecule has 6 nitrogen and oxygen atoms in total. The van der Waals surface area contributed by atoms with E-state index in [1.807, 2.05) is 66.7 Å². The molecule has 0 saturated carbocycles. The van der Waals surface area contributed by atoms with E-state index in [0.717, 1.165) is 16.5 Å². The van der Waals surface area contributed by atoms with Crippen molar-refractivity contribution >= 4 is 16.8 Å². The average molecular weight is 371 g/mol. The molecule has 3 heterocycles. The van der Waals surface area contributed by atoms with E-state index in [1.165, 1.54) is 0 Å². The zero-order valence-electron chi connectivity index (χ0n) is 15.0. The van der Waals surface area contributed by atoms with Crippen molar-refractivity contribution in [2.24, 2.45) is 0 Å². The third-order valence-electron chi connectivity index (χ3n) is 4.78. The largest absolute Gasteiger partial charge is 0.471 e. The first-order valence-corrected chi connectivity index (χ1v) is 9.10. The number of carbonyl (C=O) groups is 1. The second-order valence-electron chi connectivity index (χ2n) is 6.73. The summed E-state index contributed by atoms with van der Waals surface area (Å²) in [5.74, 6) is 0.999. The van der Waals surface area contributed by atoms with Gasteiger partial charge in [-0.3, -0.25) is 4.79 Å². The highest BCUT2D eigenvalue weighted by atomic mass is 16.5. The molecular weight excluding hydrogens is 354 g/mol. The monoisotopic (exact) mass is 371 g/mol. The molecule has 1 aliphatic heterocycles. The van der Waals surface area contributed by atoms with Gasteiger partial charge in [-0.2, -0.15) is 0 Å². The maximum Gasteiger partial charge on any atom is 0.276 e. The fraction of sp³-hybridized carbons (Fsp3) is 0.136. The van der Waals surface area contributed by atoms with Crippen LogP contribution in [0.25, 0.3) is 22.2 Å². The number of hydrogen-bond donors (Lipinski definition) is 0. The Balaban J connectivity index is 1.22. The highest BCUT2D eigenvalue weighted by Gasteiger charge is 2.34. The van der Waals surface area contributed by atoms with Gasteiger partial charge in [0.05, 0.1) is 18.6 Å². The third-order valence-corrected chi connectivity index (χ3v) is 4.78. The van der Waals surface area contributed by atoms with Crippen LogP contribution in [0.4, 0.5) is 0 Å². The molecule has 0 N–H and O–H groups in total. The molecule has 2 aromatic carbocycles. The van der Waals surface area contributed by atoms with Crippen LogP contribution in [0.2, 0.25) is 0 Å². The van der Waals surface area contributed by atoms with E-state index in [1.54, 1.807) is 11.0 Å². The lowest BCUT2D eigenvalue weighted by atomic mass is 10.1. The molecule has 1 saturated heterocycles. The minimum atomic E-state index is -0.155. The molecule has 0 atom stereocenters. The van der Waals surface area contributed by atoms with E-state index in [2.05, 4.69) is 10.1 Å². The summed E-state index contributed by atoms with van der Waals surface area (Å²) in [5.41, 5.74) is 2.09. The quantitative estimate of drug-likeness (QED) is 0.546. The van der Waals surface area contributed by atoms with Gasteiger partial charge in [0.1, 0.15) is 6.10 Å². The maximum atomic E-state index is 12.6. The van der Waals surface area contributed by atoms with Crippen molar-refractivity contribution in [2.75, 3.05) is 13.1 Å². The average Bonchev–Trinajstić information content (AvgIpc) is 3.21. The predicted molar refractivity (Wildman–Crippen MR) is 104 cm³/mol. The van der Waals surface area contributed by atoms with Crippen LogP contribution in [0.5, 0.6) is 5.88 Å². The maximum absolute atomic E-state index is 12.6. The van der Waals surface area contributed by atoms with Crippen LogP contribution < -0.4 is 4.74 Å². The molecule has 0 unspecified atom stereocenters. The first-order valence-electron chi connectivity index (χ1n) is 9.10. The first kappa shape index (κ1) is 16.5. The van der Waals surface area contributed by atoms with Gasteiger partial charge in [0.25, 0.3) is 5.91 Å². The lowest BCUT2D eigenvalue weighted by Crippen LogP contribution is -2.56. The van der Waals surface area contributed by atoms with Crippen LogP contribution in [0.15, 0.2) is 77.3 Å². The Hall–Kier alpha value is -3.67. The summed E-state index contributed by atoms with van der Waals surface area (Å²) >= 11 is 0. The molecule has 5 rings (SSSR count). The fourth-order valence-electron chi connectivity index (χ4n) is 3.24. The number of ether oxygens (including phenoxy) is 1. The number of amides is 1. The summed E-state index contributed by atoms with van der Waals surface area (Å²) in [6, 6.07) is 23.0. The zero-order chi connectivity index (χ0) is 18.9. The molecule has 1 amide bonds. The number of carbonyl (C=O) groups excluding carboxylic acids is 1. The zero-order valence-corrected chi connectivity index (χ0v) is 15.0. The summed E-state index contributed by atoms with van der Waals surface area (Å²) in [4.78, 5) is 18.8. The van der Waals surface area contributed by atoms with Crippen LogP contribution in [-0.2, 0) is 0 Å². The van der Waals surface area contributed by atoms with Gasteiger partial charge in [0.15, 0.2) is 11.5 Å². The predicted octanol–water partition coefficient (Wildman–Crippen LogP) is 3.79. The van der Waals surface area contributed by atoms with E-state index in [-0.39, 0.29) is 12.0 Å². The number of aromatic nitrogens is 2. The van der Waals surface area contributed by atoms with E-state index >= 15 is 0 Å². The topological polar surface area (TPSA) is 68.5 Å². The van der Waals surface area contributed by atoms with Gasteiger partial charge in [-0.25, -0.2) is 4.98 Å². The lowest BCUT2D eigenvalue weighted by molar-refractivity contribution is 0.0154. The Morgan fingerprint density at radius 1 is 1.00 bits per heavy atom. The molecule has 0 bridgehead atoms. The van der Waals surface area contributed by atoms with Crippen LogP contribution in [0.3, 0.4) is 0 Å². The van der Waals surface area contributed by atoms with E-state index in [4.69, 9.17) is 9.26 Å². The van der Waals surface area contributed by atoms with Crippen molar-refractivity contribution in [3.8, 4) is 17.2 Å². The number of benzene rings is 2. The summed E-state index contributed by atoms with van der Waals surface area (Å²) < 4.78 is 11.2. The van der Waals surface area contributed by atoms with E-state index in [9.17, 15) is 4.79 Å². The van der Waals surface area contributed by atoms with Gasteiger partial charge in [-0.15, -0.1) is 0 Å².